The van der Waals surface area contributed by atoms with E-state index in [4.69, 9.17) is 0 Å². The molecule has 7 heteroatoms. The van der Waals surface area contributed by atoms with Gasteiger partial charge in [-0.1, -0.05) is 0 Å². The molecule has 1 saturated heterocycles. The molecule has 0 unspecified atom stereocenters. The van der Waals surface area contributed by atoms with E-state index in [9.17, 15) is 9.65 Å². The van der Waals surface area contributed by atoms with E-state index in [0.717, 1.165) is 50.6 Å². The molecular weight excluding hydrogens is 331 g/mol. The fourth-order valence-corrected chi connectivity index (χ4v) is 3.38. The Bertz CT molecular complexity index is 952. The lowest BCUT2D eigenvalue weighted by atomic mass is 10.2. The van der Waals surface area contributed by atoms with E-state index in [2.05, 4.69) is 30.4 Å². The number of fused-ring (bicyclic) bond motifs is 1. The maximum atomic E-state index is 13.3. The van der Waals surface area contributed by atoms with Gasteiger partial charge in [0.1, 0.15) is 17.7 Å². The summed E-state index contributed by atoms with van der Waals surface area (Å²) < 4.78 is 15.3. The lowest BCUT2D eigenvalue weighted by molar-refractivity contribution is 0.248. The van der Waals surface area contributed by atoms with Gasteiger partial charge in [0.15, 0.2) is 0 Å². The van der Waals surface area contributed by atoms with Crippen molar-refractivity contribution < 1.29 is 4.39 Å². The van der Waals surface area contributed by atoms with Gasteiger partial charge >= 0.3 is 0 Å². The molecule has 3 heterocycles. The molecule has 0 bridgehead atoms. The Morgan fingerprint density at radius 3 is 2.73 bits per heavy atom. The van der Waals surface area contributed by atoms with E-state index >= 15 is 0 Å². The van der Waals surface area contributed by atoms with E-state index in [1.54, 1.807) is 24.7 Å². The molecule has 0 N–H and O–H groups in total. The van der Waals surface area contributed by atoms with Crippen molar-refractivity contribution in [3.63, 3.8) is 0 Å². The van der Waals surface area contributed by atoms with Crippen molar-refractivity contribution in [1.82, 2.24) is 19.4 Å². The molecule has 2 aromatic heterocycles. The summed E-state index contributed by atoms with van der Waals surface area (Å²) >= 11 is 0. The van der Waals surface area contributed by atoms with Crippen molar-refractivity contribution in [3.05, 3.63) is 54.2 Å². The van der Waals surface area contributed by atoms with Crippen LogP contribution in [-0.4, -0.2) is 52.2 Å². The van der Waals surface area contributed by atoms with Crippen molar-refractivity contribution in [2.75, 3.05) is 37.6 Å². The number of rotatable bonds is 4. The van der Waals surface area contributed by atoms with Crippen LogP contribution < -0.4 is 4.90 Å². The minimum absolute atomic E-state index is 0.259. The predicted octanol–water partition coefficient (Wildman–Crippen LogP) is 2.26. The third-order valence-corrected chi connectivity index (χ3v) is 4.82. The number of nitriles is 1. The lowest BCUT2D eigenvalue weighted by Gasteiger charge is -2.35. The van der Waals surface area contributed by atoms with Crippen LogP contribution in [0.15, 0.2) is 42.9 Å². The van der Waals surface area contributed by atoms with E-state index in [1.807, 2.05) is 6.07 Å². The van der Waals surface area contributed by atoms with Crippen molar-refractivity contribution >= 4 is 16.9 Å². The smallest absolute Gasteiger partial charge is 0.146 e. The van der Waals surface area contributed by atoms with Gasteiger partial charge < -0.3 is 9.47 Å². The van der Waals surface area contributed by atoms with Gasteiger partial charge in [0.05, 0.1) is 22.9 Å². The number of imidazole rings is 1. The third-order valence-electron chi connectivity index (χ3n) is 4.82. The van der Waals surface area contributed by atoms with Crippen LogP contribution >= 0.6 is 0 Å². The highest BCUT2D eigenvalue weighted by Crippen LogP contribution is 2.18. The first-order valence-electron chi connectivity index (χ1n) is 8.67. The highest BCUT2D eigenvalue weighted by Gasteiger charge is 2.20. The highest BCUT2D eigenvalue weighted by molar-refractivity contribution is 5.75. The Balaban J connectivity index is 1.36. The van der Waals surface area contributed by atoms with Gasteiger partial charge in [-0.15, -0.1) is 0 Å². The fourth-order valence-electron chi connectivity index (χ4n) is 3.38. The molecule has 1 fully saturated rings. The Kier molecular flexibility index (Phi) is 4.50. The molecule has 4 rings (SSSR count). The second-order valence-corrected chi connectivity index (χ2v) is 6.39. The van der Waals surface area contributed by atoms with Crippen LogP contribution in [0.5, 0.6) is 0 Å². The summed E-state index contributed by atoms with van der Waals surface area (Å²) in [6.45, 7) is 5.26. The third kappa shape index (κ3) is 3.24. The monoisotopic (exact) mass is 350 g/mol. The van der Waals surface area contributed by atoms with E-state index in [1.165, 1.54) is 12.1 Å². The first-order valence-corrected chi connectivity index (χ1v) is 8.67. The quantitative estimate of drug-likeness (QED) is 0.722. The van der Waals surface area contributed by atoms with E-state index in [-0.39, 0.29) is 5.82 Å². The maximum absolute atomic E-state index is 13.3. The summed E-state index contributed by atoms with van der Waals surface area (Å²) in [6, 6.07) is 10.5. The zero-order valence-corrected chi connectivity index (χ0v) is 14.3. The molecule has 6 nitrogen and oxygen atoms in total. The van der Waals surface area contributed by atoms with Crippen LogP contribution in [0, 0.1) is 17.1 Å². The minimum Gasteiger partial charge on any atom is -0.353 e. The first-order chi connectivity index (χ1) is 12.7. The van der Waals surface area contributed by atoms with Crippen LogP contribution in [-0.2, 0) is 6.54 Å². The van der Waals surface area contributed by atoms with Gasteiger partial charge in [0.2, 0.25) is 0 Å². The van der Waals surface area contributed by atoms with Crippen LogP contribution in [0.25, 0.3) is 11.0 Å². The van der Waals surface area contributed by atoms with Gasteiger partial charge in [-0.3, -0.25) is 4.90 Å². The Hall–Kier alpha value is -2.98. The fraction of sp³-hybridized carbons (Fsp3) is 0.316. The number of pyridine rings is 1. The molecule has 0 aliphatic carbocycles. The molecule has 0 atom stereocenters. The van der Waals surface area contributed by atoms with Gasteiger partial charge in [-0.2, -0.15) is 5.26 Å². The number of nitrogens with zero attached hydrogens (tertiary/aromatic N) is 6. The summed E-state index contributed by atoms with van der Waals surface area (Å²) in [5, 5.41) is 9.24. The summed E-state index contributed by atoms with van der Waals surface area (Å²) in [6.07, 6.45) is 3.50. The summed E-state index contributed by atoms with van der Waals surface area (Å²) in [4.78, 5) is 13.2. The van der Waals surface area contributed by atoms with Crippen LogP contribution in [0.1, 0.15) is 5.56 Å². The van der Waals surface area contributed by atoms with Crippen molar-refractivity contribution in [2.24, 2.45) is 0 Å². The van der Waals surface area contributed by atoms with Crippen LogP contribution in [0.2, 0.25) is 0 Å². The van der Waals surface area contributed by atoms with Crippen molar-refractivity contribution in [2.45, 2.75) is 6.54 Å². The molecule has 26 heavy (non-hydrogen) atoms. The van der Waals surface area contributed by atoms with E-state index in [0.29, 0.717) is 11.1 Å². The number of hydrogen-bond donors (Lipinski definition) is 0. The van der Waals surface area contributed by atoms with Gasteiger partial charge in [-0.05, 0) is 24.3 Å². The molecule has 1 aliphatic heterocycles. The highest BCUT2D eigenvalue weighted by atomic mass is 19.1. The predicted molar refractivity (Wildman–Crippen MR) is 97.3 cm³/mol. The normalized spacial score (nSPS) is 15.3. The Morgan fingerprint density at radius 2 is 1.92 bits per heavy atom. The van der Waals surface area contributed by atoms with E-state index < -0.39 is 0 Å². The lowest BCUT2D eigenvalue weighted by Crippen LogP contribution is -2.47. The molecule has 1 aromatic carbocycles. The van der Waals surface area contributed by atoms with Gasteiger partial charge in [-0.25, -0.2) is 14.4 Å². The number of piperazine rings is 1. The zero-order valence-electron chi connectivity index (χ0n) is 14.3. The van der Waals surface area contributed by atoms with Gasteiger partial charge in [0, 0.05) is 51.5 Å². The molecule has 0 saturated carbocycles. The topological polar surface area (TPSA) is 61.0 Å². The average molecular weight is 350 g/mol. The minimum atomic E-state index is -0.259. The van der Waals surface area contributed by atoms with Crippen molar-refractivity contribution in [1.29, 1.82) is 5.26 Å². The second kappa shape index (κ2) is 7.10. The van der Waals surface area contributed by atoms with Crippen LogP contribution in [0.3, 0.4) is 0 Å². The Morgan fingerprint density at radius 1 is 1.08 bits per heavy atom. The molecule has 1 aliphatic rings. The summed E-state index contributed by atoms with van der Waals surface area (Å²) in [5.41, 5.74) is 2.27. The number of anilines is 1. The van der Waals surface area contributed by atoms with Crippen LogP contribution in [0.4, 0.5) is 10.2 Å². The Labute approximate surface area is 151 Å². The number of halogens is 1. The molecule has 0 amide bonds. The largest absolute Gasteiger partial charge is 0.353 e. The number of hydrogen-bond acceptors (Lipinski definition) is 5. The zero-order chi connectivity index (χ0) is 17.9. The standard InChI is InChI=1S/C19H19FN6/c20-16-3-4-18-17(12-16)23-14-26(18)11-8-24-6-9-25(10-7-24)19-15(13-21)2-1-5-22-19/h1-5,12,14H,6-11H2. The van der Waals surface area contributed by atoms with Crippen molar-refractivity contribution in [3.8, 4) is 6.07 Å². The first kappa shape index (κ1) is 16.5. The number of aromatic nitrogens is 3. The van der Waals surface area contributed by atoms with Gasteiger partial charge in [0.25, 0.3) is 0 Å². The molecule has 0 radical (unpaired) electrons. The molecule has 3 aromatic rings. The summed E-state index contributed by atoms with van der Waals surface area (Å²) in [7, 11) is 0. The molecule has 0 spiro atoms. The number of benzene rings is 1. The maximum Gasteiger partial charge on any atom is 0.146 e. The second-order valence-electron chi connectivity index (χ2n) is 6.39. The average Bonchev–Trinajstić information content (AvgIpc) is 3.08. The molecular formula is C19H19FN6. The summed E-state index contributed by atoms with van der Waals surface area (Å²) in [5.74, 6) is 0.516. The molecule has 132 valence electrons. The SMILES string of the molecule is N#Cc1cccnc1N1CCN(CCn2cnc3cc(F)ccc32)CC1.